The largest absolute Gasteiger partial charge is 0.378 e. The molecular formula is C22H27N5O. The van der Waals surface area contributed by atoms with Crippen molar-refractivity contribution < 1.29 is 4.79 Å². The number of carbonyl (C=O) groups excluding carboxylic acids is 1. The van der Waals surface area contributed by atoms with Crippen molar-refractivity contribution in [1.29, 1.82) is 0 Å². The summed E-state index contributed by atoms with van der Waals surface area (Å²) >= 11 is 0. The Morgan fingerprint density at radius 3 is 2.54 bits per heavy atom. The molecule has 0 spiro atoms. The highest BCUT2D eigenvalue weighted by atomic mass is 16.1. The molecule has 3 aromatic rings. The molecule has 1 amide bonds. The molecule has 1 aliphatic rings. The molecule has 28 heavy (non-hydrogen) atoms. The zero-order valence-corrected chi connectivity index (χ0v) is 16.5. The summed E-state index contributed by atoms with van der Waals surface area (Å²) in [6.07, 6.45) is 1.75. The van der Waals surface area contributed by atoms with Crippen LogP contribution in [0.15, 0.2) is 48.5 Å². The highest BCUT2D eigenvalue weighted by molar-refractivity contribution is 5.92. The van der Waals surface area contributed by atoms with Crippen molar-refractivity contribution in [3.05, 3.63) is 54.4 Å². The quantitative estimate of drug-likeness (QED) is 0.715. The standard InChI is InChI=1S/C22H27N5O/c1-26(2)18-9-7-17(8-10-18)23-22(28)16-11-13-27(14-12-16)15-21-24-19-5-3-4-6-20(19)25-21/h3-10,16H,11-15H2,1-2H3,(H,23,28)(H,24,25). The van der Waals surface area contributed by atoms with Gasteiger partial charge in [-0.1, -0.05) is 12.1 Å². The number of hydrogen-bond donors (Lipinski definition) is 2. The molecule has 6 nitrogen and oxygen atoms in total. The van der Waals surface area contributed by atoms with Crippen molar-refractivity contribution >= 4 is 28.3 Å². The minimum absolute atomic E-state index is 0.0699. The number of likely N-dealkylation sites (tertiary alicyclic amines) is 1. The number of nitrogens with zero attached hydrogens (tertiary/aromatic N) is 3. The van der Waals surface area contributed by atoms with E-state index in [1.807, 2.05) is 67.5 Å². The molecule has 2 N–H and O–H groups in total. The van der Waals surface area contributed by atoms with Crippen LogP contribution in [0.2, 0.25) is 0 Å². The summed E-state index contributed by atoms with van der Waals surface area (Å²) in [7, 11) is 4.01. The van der Waals surface area contributed by atoms with Crippen LogP contribution in [-0.4, -0.2) is 48.0 Å². The van der Waals surface area contributed by atoms with Gasteiger partial charge in [0.15, 0.2) is 0 Å². The van der Waals surface area contributed by atoms with E-state index < -0.39 is 0 Å². The monoisotopic (exact) mass is 377 g/mol. The molecule has 1 saturated heterocycles. The van der Waals surface area contributed by atoms with E-state index in [2.05, 4.69) is 20.2 Å². The number of para-hydroxylation sites is 2. The molecule has 0 saturated carbocycles. The predicted octanol–water partition coefficient (Wildman–Crippen LogP) is 3.48. The van der Waals surface area contributed by atoms with Gasteiger partial charge >= 0.3 is 0 Å². The Hall–Kier alpha value is -2.86. The average Bonchev–Trinajstić information content (AvgIpc) is 3.11. The first-order valence-corrected chi connectivity index (χ1v) is 9.83. The van der Waals surface area contributed by atoms with E-state index in [0.717, 1.165) is 60.7 Å². The molecule has 1 aromatic heterocycles. The van der Waals surface area contributed by atoms with Gasteiger partial charge in [0.2, 0.25) is 5.91 Å². The molecule has 0 aliphatic carbocycles. The number of fused-ring (bicyclic) bond motifs is 1. The first kappa shape index (κ1) is 18.5. The third-order valence-corrected chi connectivity index (χ3v) is 5.42. The number of amides is 1. The van der Waals surface area contributed by atoms with Gasteiger partial charge in [-0.25, -0.2) is 4.98 Å². The number of rotatable bonds is 5. The highest BCUT2D eigenvalue weighted by Crippen LogP contribution is 2.22. The molecule has 146 valence electrons. The summed E-state index contributed by atoms with van der Waals surface area (Å²) in [6, 6.07) is 16.1. The van der Waals surface area contributed by atoms with Gasteiger partial charge in [-0.05, 0) is 62.3 Å². The number of H-pyrrole nitrogens is 1. The van der Waals surface area contributed by atoms with E-state index in [1.54, 1.807) is 0 Å². The lowest BCUT2D eigenvalue weighted by Crippen LogP contribution is -2.38. The van der Waals surface area contributed by atoms with E-state index in [0.29, 0.717) is 0 Å². The third-order valence-electron chi connectivity index (χ3n) is 5.42. The minimum atomic E-state index is 0.0699. The van der Waals surface area contributed by atoms with Crippen molar-refractivity contribution in [3.8, 4) is 0 Å². The number of aromatic amines is 1. The average molecular weight is 377 g/mol. The van der Waals surface area contributed by atoms with Crippen molar-refractivity contribution in [1.82, 2.24) is 14.9 Å². The van der Waals surface area contributed by atoms with Crippen molar-refractivity contribution in [2.45, 2.75) is 19.4 Å². The second-order valence-corrected chi connectivity index (χ2v) is 7.68. The maximum atomic E-state index is 12.6. The number of hydrogen-bond acceptors (Lipinski definition) is 4. The Balaban J connectivity index is 1.29. The number of carbonyl (C=O) groups is 1. The van der Waals surface area contributed by atoms with Crippen LogP contribution >= 0.6 is 0 Å². The van der Waals surface area contributed by atoms with Crippen LogP contribution < -0.4 is 10.2 Å². The van der Waals surface area contributed by atoms with E-state index in [4.69, 9.17) is 0 Å². The van der Waals surface area contributed by atoms with Crippen molar-refractivity contribution in [3.63, 3.8) is 0 Å². The summed E-state index contributed by atoms with van der Waals surface area (Å²) < 4.78 is 0. The zero-order valence-electron chi connectivity index (χ0n) is 16.5. The van der Waals surface area contributed by atoms with Gasteiger partial charge in [-0.2, -0.15) is 0 Å². The SMILES string of the molecule is CN(C)c1ccc(NC(=O)C2CCN(Cc3nc4ccccc4[nH]3)CC2)cc1. The molecule has 0 atom stereocenters. The first-order valence-electron chi connectivity index (χ1n) is 9.83. The maximum absolute atomic E-state index is 12.6. The Labute approximate surface area is 165 Å². The molecular weight excluding hydrogens is 350 g/mol. The van der Waals surface area contributed by atoms with Gasteiger partial charge < -0.3 is 15.2 Å². The Morgan fingerprint density at radius 1 is 1.14 bits per heavy atom. The fourth-order valence-electron chi connectivity index (χ4n) is 3.73. The fourth-order valence-corrected chi connectivity index (χ4v) is 3.73. The zero-order chi connectivity index (χ0) is 19.5. The topological polar surface area (TPSA) is 64.3 Å². The Morgan fingerprint density at radius 2 is 1.86 bits per heavy atom. The van der Waals surface area contributed by atoms with Gasteiger partial charge in [0.25, 0.3) is 0 Å². The van der Waals surface area contributed by atoms with Crippen molar-refractivity contribution in [2.24, 2.45) is 5.92 Å². The normalized spacial score (nSPS) is 15.6. The van der Waals surface area contributed by atoms with E-state index >= 15 is 0 Å². The van der Waals surface area contributed by atoms with Gasteiger partial charge in [0.05, 0.1) is 17.6 Å². The van der Waals surface area contributed by atoms with Crippen LogP contribution in [-0.2, 0) is 11.3 Å². The predicted molar refractivity (Wildman–Crippen MR) is 113 cm³/mol. The minimum Gasteiger partial charge on any atom is -0.378 e. The number of imidazole rings is 1. The van der Waals surface area contributed by atoms with Crippen LogP contribution in [0.4, 0.5) is 11.4 Å². The molecule has 0 unspecified atom stereocenters. The molecule has 2 heterocycles. The number of benzene rings is 2. The number of anilines is 2. The molecule has 0 radical (unpaired) electrons. The molecule has 2 aromatic carbocycles. The molecule has 1 aliphatic heterocycles. The Kier molecular flexibility index (Phi) is 5.30. The van der Waals surface area contributed by atoms with Gasteiger partial charge in [-0.15, -0.1) is 0 Å². The van der Waals surface area contributed by atoms with Crippen molar-refractivity contribution in [2.75, 3.05) is 37.4 Å². The maximum Gasteiger partial charge on any atom is 0.227 e. The fraction of sp³-hybridized carbons (Fsp3) is 0.364. The Bertz CT molecular complexity index is 906. The summed E-state index contributed by atoms with van der Waals surface area (Å²) in [5, 5.41) is 3.07. The number of nitrogens with one attached hydrogen (secondary N) is 2. The molecule has 6 heteroatoms. The van der Waals surface area contributed by atoms with Crippen LogP contribution in [0.3, 0.4) is 0 Å². The summed E-state index contributed by atoms with van der Waals surface area (Å²) in [4.78, 5) is 25.1. The number of aromatic nitrogens is 2. The lowest BCUT2D eigenvalue weighted by atomic mass is 9.96. The molecule has 1 fully saturated rings. The van der Waals surface area contributed by atoms with E-state index in [9.17, 15) is 4.79 Å². The van der Waals surface area contributed by atoms with E-state index in [-0.39, 0.29) is 11.8 Å². The molecule has 4 rings (SSSR count). The lowest BCUT2D eigenvalue weighted by Gasteiger charge is -2.30. The summed E-state index contributed by atoms with van der Waals surface area (Å²) in [5.41, 5.74) is 4.07. The third kappa shape index (κ3) is 4.17. The second-order valence-electron chi connectivity index (χ2n) is 7.68. The molecule has 0 bridgehead atoms. The van der Waals surface area contributed by atoms with Crippen LogP contribution in [0.1, 0.15) is 18.7 Å². The van der Waals surface area contributed by atoms with Crippen LogP contribution in [0.5, 0.6) is 0 Å². The lowest BCUT2D eigenvalue weighted by molar-refractivity contribution is -0.121. The summed E-state index contributed by atoms with van der Waals surface area (Å²) in [5.74, 6) is 1.19. The first-order chi connectivity index (χ1) is 13.6. The summed E-state index contributed by atoms with van der Waals surface area (Å²) in [6.45, 7) is 2.62. The second kappa shape index (κ2) is 8.02. The highest BCUT2D eigenvalue weighted by Gasteiger charge is 2.25. The number of piperidine rings is 1. The smallest absolute Gasteiger partial charge is 0.227 e. The van der Waals surface area contributed by atoms with Crippen LogP contribution in [0.25, 0.3) is 11.0 Å². The van der Waals surface area contributed by atoms with Gasteiger partial charge in [0.1, 0.15) is 5.82 Å². The van der Waals surface area contributed by atoms with Crippen LogP contribution in [0, 0.1) is 5.92 Å². The van der Waals surface area contributed by atoms with Gasteiger partial charge in [-0.3, -0.25) is 9.69 Å². The van der Waals surface area contributed by atoms with Gasteiger partial charge in [0, 0.05) is 31.4 Å². The van der Waals surface area contributed by atoms with E-state index in [1.165, 1.54) is 0 Å².